The van der Waals surface area contributed by atoms with Crippen LogP contribution in [0.3, 0.4) is 0 Å². The van der Waals surface area contributed by atoms with E-state index in [0.29, 0.717) is 17.2 Å². The molecule has 0 bridgehead atoms. The van der Waals surface area contributed by atoms with Crippen LogP contribution in [0.5, 0.6) is 0 Å². The number of nitrogen functional groups attached to an aromatic ring is 1. The summed E-state index contributed by atoms with van der Waals surface area (Å²) in [4.78, 5) is 37.0. The SMILES string of the molecule is CNc1nc(N)nc2c1N=CC2[C@@H]1O[C@H](COCOC(=O)C(C)(C)C)[C@@H](OCOC(=O)C(C)(C)C)[C@@]1(C)F. The molecule has 0 aliphatic carbocycles. The number of aromatic nitrogens is 2. The van der Waals surface area contributed by atoms with Gasteiger partial charge in [0.2, 0.25) is 5.95 Å². The predicted octanol–water partition coefficient (Wildman–Crippen LogP) is 2.89. The van der Waals surface area contributed by atoms with E-state index >= 15 is 4.39 Å². The number of halogens is 1. The summed E-state index contributed by atoms with van der Waals surface area (Å²) in [5.41, 5.74) is 3.16. The summed E-state index contributed by atoms with van der Waals surface area (Å²) in [5.74, 6) is -1.24. The number of nitrogens with two attached hydrogens (primary N) is 1. The van der Waals surface area contributed by atoms with Crippen molar-refractivity contribution in [1.29, 1.82) is 0 Å². The van der Waals surface area contributed by atoms with Gasteiger partial charge in [-0.25, -0.2) is 9.37 Å². The number of alkyl halides is 1. The maximum Gasteiger partial charge on any atom is 0.313 e. The molecule has 5 atom stereocenters. The van der Waals surface area contributed by atoms with Crippen LogP contribution in [-0.4, -0.2) is 79.3 Å². The Hall–Kier alpha value is -2.90. The molecular weight excluding hydrogens is 501 g/mol. The smallest absolute Gasteiger partial charge is 0.313 e. The Balaban J connectivity index is 1.79. The molecule has 1 saturated heterocycles. The van der Waals surface area contributed by atoms with Crippen LogP contribution in [0, 0.1) is 10.8 Å². The fraction of sp³-hybridized carbons (Fsp3) is 0.720. The zero-order chi connectivity index (χ0) is 28.5. The van der Waals surface area contributed by atoms with Gasteiger partial charge in [-0.3, -0.25) is 14.6 Å². The van der Waals surface area contributed by atoms with Gasteiger partial charge in [-0.05, 0) is 48.5 Å². The Kier molecular flexibility index (Phi) is 8.64. The molecule has 0 radical (unpaired) electrons. The van der Waals surface area contributed by atoms with Crippen molar-refractivity contribution in [3.05, 3.63) is 5.69 Å². The van der Waals surface area contributed by atoms with Gasteiger partial charge in [-0.15, -0.1) is 0 Å². The number of anilines is 2. The monoisotopic (exact) mass is 539 g/mol. The fourth-order valence-electron chi connectivity index (χ4n) is 4.08. The second kappa shape index (κ2) is 11.1. The lowest BCUT2D eigenvalue weighted by atomic mass is 9.86. The van der Waals surface area contributed by atoms with E-state index in [9.17, 15) is 9.59 Å². The van der Waals surface area contributed by atoms with Crippen molar-refractivity contribution in [2.24, 2.45) is 15.8 Å². The molecule has 0 aromatic carbocycles. The number of ether oxygens (including phenoxy) is 5. The Morgan fingerprint density at radius 1 is 1.11 bits per heavy atom. The standard InChI is InChI=1S/C25H38FN5O7/c1-23(2,3)20(32)36-11-34-10-14-18(35-12-37-21(33)24(4,5)6)25(7,26)17(38-14)13-9-29-16-15(13)30-22(27)31-19(16)28-8/h9,13-14,17-18H,10-12H2,1-8H3,(H3,27,28,30,31)/t13?,14-,17+,18-,25+/m1/s1. The Bertz CT molecular complexity index is 1070. The highest BCUT2D eigenvalue weighted by Crippen LogP contribution is 2.47. The number of fused-ring (bicyclic) bond motifs is 1. The van der Waals surface area contributed by atoms with E-state index in [-0.39, 0.29) is 19.3 Å². The van der Waals surface area contributed by atoms with E-state index in [1.54, 1.807) is 48.6 Å². The second-order valence-electron chi connectivity index (χ2n) is 11.5. The zero-order valence-electron chi connectivity index (χ0n) is 23.2. The molecule has 2 aliphatic rings. The lowest BCUT2D eigenvalue weighted by Gasteiger charge is -2.29. The molecule has 0 amide bonds. The minimum atomic E-state index is -2.10. The molecule has 1 unspecified atom stereocenters. The lowest BCUT2D eigenvalue weighted by Crippen LogP contribution is -2.46. The first kappa shape index (κ1) is 29.7. The van der Waals surface area contributed by atoms with E-state index in [4.69, 9.17) is 29.4 Å². The first-order valence-electron chi connectivity index (χ1n) is 12.3. The van der Waals surface area contributed by atoms with Crippen molar-refractivity contribution in [2.75, 3.05) is 38.3 Å². The Labute approximate surface area is 221 Å². The normalized spacial score (nSPS) is 26.8. The predicted molar refractivity (Wildman–Crippen MR) is 137 cm³/mol. The quantitative estimate of drug-likeness (QED) is 0.270. The molecular formula is C25H38FN5O7. The van der Waals surface area contributed by atoms with Gasteiger partial charge in [-0.1, -0.05) is 0 Å². The fourth-order valence-corrected chi connectivity index (χ4v) is 4.08. The molecule has 0 spiro atoms. The minimum Gasteiger partial charge on any atom is -0.438 e. The number of nitrogens with one attached hydrogen (secondary N) is 1. The highest BCUT2D eigenvalue weighted by molar-refractivity contribution is 5.85. The average molecular weight is 540 g/mol. The largest absolute Gasteiger partial charge is 0.438 e. The average Bonchev–Trinajstić information content (AvgIpc) is 3.32. The van der Waals surface area contributed by atoms with Crippen molar-refractivity contribution in [1.82, 2.24) is 9.97 Å². The van der Waals surface area contributed by atoms with E-state index in [1.165, 1.54) is 13.1 Å². The Morgan fingerprint density at radius 2 is 1.71 bits per heavy atom. The number of carbonyl (C=O) groups excluding carboxylic acids is 2. The molecule has 3 rings (SSSR count). The summed E-state index contributed by atoms with van der Waals surface area (Å²) in [5, 5.41) is 2.91. The van der Waals surface area contributed by atoms with Gasteiger partial charge in [0, 0.05) is 13.3 Å². The maximum atomic E-state index is 16.5. The third kappa shape index (κ3) is 6.38. The van der Waals surface area contributed by atoms with Crippen molar-refractivity contribution < 1.29 is 37.7 Å². The van der Waals surface area contributed by atoms with Gasteiger partial charge in [0.25, 0.3) is 0 Å². The number of hydrogen-bond donors (Lipinski definition) is 2. The topological polar surface area (TPSA) is 156 Å². The van der Waals surface area contributed by atoms with Crippen LogP contribution in [-0.2, 0) is 33.3 Å². The molecule has 3 heterocycles. The van der Waals surface area contributed by atoms with Crippen LogP contribution in [0.4, 0.5) is 21.8 Å². The van der Waals surface area contributed by atoms with Crippen LogP contribution in [0.2, 0.25) is 0 Å². The molecule has 38 heavy (non-hydrogen) atoms. The number of aliphatic imine (C=N–C) groups is 1. The molecule has 13 heteroatoms. The number of rotatable bonds is 9. The van der Waals surface area contributed by atoms with E-state index < -0.39 is 59.5 Å². The molecule has 12 nitrogen and oxygen atoms in total. The summed E-state index contributed by atoms with van der Waals surface area (Å²) in [6.07, 6.45) is -1.69. The van der Waals surface area contributed by atoms with Crippen LogP contribution in [0.25, 0.3) is 0 Å². The molecule has 1 aromatic heterocycles. The first-order chi connectivity index (χ1) is 17.6. The van der Waals surface area contributed by atoms with E-state index in [0.717, 1.165) is 0 Å². The summed E-state index contributed by atoms with van der Waals surface area (Å²) in [6.45, 7) is 10.6. The van der Waals surface area contributed by atoms with Gasteiger partial charge in [-0.2, -0.15) is 4.98 Å². The van der Waals surface area contributed by atoms with Crippen molar-refractivity contribution in [3.63, 3.8) is 0 Å². The van der Waals surface area contributed by atoms with Gasteiger partial charge in [0.15, 0.2) is 25.1 Å². The lowest BCUT2D eigenvalue weighted by molar-refractivity contribution is -0.182. The molecule has 212 valence electrons. The molecule has 1 fully saturated rings. The van der Waals surface area contributed by atoms with Gasteiger partial charge >= 0.3 is 11.9 Å². The van der Waals surface area contributed by atoms with Gasteiger partial charge in [0.1, 0.15) is 24.0 Å². The van der Waals surface area contributed by atoms with E-state index in [1.807, 2.05) is 0 Å². The molecule has 0 saturated carbocycles. The Morgan fingerprint density at radius 3 is 2.29 bits per heavy atom. The highest BCUT2D eigenvalue weighted by atomic mass is 19.1. The van der Waals surface area contributed by atoms with Crippen LogP contribution in [0.1, 0.15) is 60.1 Å². The summed E-state index contributed by atoms with van der Waals surface area (Å²) < 4.78 is 44.2. The highest BCUT2D eigenvalue weighted by Gasteiger charge is 2.59. The van der Waals surface area contributed by atoms with Crippen LogP contribution >= 0.6 is 0 Å². The van der Waals surface area contributed by atoms with E-state index in [2.05, 4.69) is 20.3 Å². The van der Waals surface area contributed by atoms with Gasteiger partial charge in [0.05, 0.1) is 29.0 Å². The summed E-state index contributed by atoms with van der Waals surface area (Å²) in [7, 11) is 1.67. The third-order valence-corrected chi connectivity index (χ3v) is 6.16. The molecule has 1 aromatic rings. The van der Waals surface area contributed by atoms with Crippen molar-refractivity contribution in [2.45, 2.75) is 78.4 Å². The summed E-state index contributed by atoms with van der Waals surface area (Å²) in [6, 6.07) is 0. The number of esters is 2. The third-order valence-electron chi connectivity index (χ3n) is 6.16. The zero-order valence-corrected chi connectivity index (χ0v) is 23.2. The van der Waals surface area contributed by atoms with Gasteiger partial charge < -0.3 is 34.7 Å². The van der Waals surface area contributed by atoms with Crippen molar-refractivity contribution >= 4 is 35.6 Å². The summed E-state index contributed by atoms with van der Waals surface area (Å²) >= 11 is 0. The second-order valence-corrected chi connectivity index (χ2v) is 11.5. The molecule has 3 N–H and O–H groups in total. The molecule has 2 aliphatic heterocycles. The number of carbonyl (C=O) groups is 2. The van der Waals surface area contributed by atoms with Crippen LogP contribution in [0.15, 0.2) is 4.99 Å². The number of nitrogens with zero attached hydrogens (tertiary/aromatic N) is 3. The minimum absolute atomic E-state index is 0.00426. The van der Waals surface area contributed by atoms with Crippen molar-refractivity contribution in [3.8, 4) is 0 Å². The van der Waals surface area contributed by atoms with Crippen LogP contribution < -0.4 is 11.1 Å². The maximum absolute atomic E-state index is 16.5. The first-order valence-corrected chi connectivity index (χ1v) is 12.3. The number of hydrogen-bond acceptors (Lipinski definition) is 12.